The number of rotatable bonds is 4. The van der Waals surface area contributed by atoms with E-state index in [1.807, 2.05) is 0 Å². The summed E-state index contributed by atoms with van der Waals surface area (Å²) in [4.78, 5) is 0. The third-order valence-electron chi connectivity index (χ3n) is 6.50. The maximum Gasteiger partial charge on any atom is 0.0250 e. The molecule has 2 aliphatic carbocycles. The number of hydrogen-bond donors (Lipinski definition) is 0. The minimum absolute atomic E-state index is 0.0990. The summed E-state index contributed by atoms with van der Waals surface area (Å²) in [7, 11) is 0. The summed E-state index contributed by atoms with van der Waals surface area (Å²) in [5.41, 5.74) is 8.92. The molecule has 2 heteroatoms. The Labute approximate surface area is 180 Å². The van der Waals surface area contributed by atoms with E-state index in [1.165, 1.54) is 31.2 Å². The maximum absolute atomic E-state index is 3.78. The van der Waals surface area contributed by atoms with Gasteiger partial charge in [0.05, 0.1) is 0 Å². The first-order valence-electron chi connectivity index (χ1n) is 9.87. The summed E-state index contributed by atoms with van der Waals surface area (Å²) in [6.45, 7) is 9.54. The Bertz CT molecular complexity index is 885. The topological polar surface area (TPSA) is 0 Å². The van der Waals surface area contributed by atoms with Crippen molar-refractivity contribution in [2.75, 3.05) is 0 Å². The minimum atomic E-state index is 0.0990. The third-order valence-corrected chi connectivity index (χ3v) is 7.88. The molecular formula is C25H26Br2. The Balaban J connectivity index is 1.88. The first kappa shape index (κ1) is 19.2. The molecule has 140 valence electrons. The van der Waals surface area contributed by atoms with Gasteiger partial charge in [0.1, 0.15) is 0 Å². The predicted octanol–water partition coefficient (Wildman–Crippen LogP) is 8.72. The molecule has 0 radical (unpaired) electrons. The Morgan fingerprint density at radius 3 is 1.52 bits per heavy atom. The van der Waals surface area contributed by atoms with Gasteiger partial charge in [-0.1, -0.05) is 107 Å². The van der Waals surface area contributed by atoms with Gasteiger partial charge in [0, 0.05) is 20.8 Å². The van der Waals surface area contributed by atoms with Crippen LogP contribution in [0, 0.1) is 5.41 Å². The highest BCUT2D eigenvalue weighted by molar-refractivity contribution is 9.10. The molecule has 0 aromatic heterocycles. The van der Waals surface area contributed by atoms with E-state index < -0.39 is 0 Å². The average molecular weight is 486 g/mol. The van der Waals surface area contributed by atoms with Crippen LogP contribution in [0.5, 0.6) is 0 Å². The molecule has 4 rings (SSSR count). The number of fused-ring (bicyclic) bond motifs is 2. The van der Waals surface area contributed by atoms with Gasteiger partial charge in [0.25, 0.3) is 0 Å². The van der Waals surface area contributed by atoms with Crippen LogP contribution in [0.15, 0.2) is 56.5 Å². The first-order valence-corrected chi connectivity index (χ1v) is 11.5. The molecular weight excluding hydrogens is 460 g/mol. The zero-order valence-electron chi connectivity index (χ0n) is 16.4. The van der Waals surface area contributed by atoms with Crippen molar-refractivity contribution in [3.05, 3.63) is 78.7 Å². The van der Waals surface area contributed by atoms with Crippen LogP contribution in [0.1, 0.15) is 74.6 Å². The van der Waals surface area contributed by atoms with Crippen LogP contribution >= 0.6 is 31.9 Å². The van der Waals surface area contributed by atoms with Gasteiger partial charge in [-0.3, -0.25) is 0 Å². The molecule has 0 bridgehead atoms. The standard InChI is InChI=1S/C25H26Br2/c1-5-15-13-19-17(9-7-11-21(19)26)23(15)25(3,4)24-16(6-2)14-20-18(24)10-8-12-22(20)27/h7-14,23-24H,5-6H2,1-4H3. The van der Waals surface area contributed by atoms with Crippen molar-refractivity contribution in [1.82, 2.24) is 0 Å². The van der Waals surface area contributed by atoms with Gasteiger partial charge >= 0.3 is 0 Å². The zero-order valence-corrected chi connectivity index (χ0v) is 19.6. The fourth-order valence-electron chi connectivity index (χ4n) is 5.39. The monoisotopic (exact) mass is 484 g/mol. The fraction of sp³-hybridized carbons (Fsp3) is 0.360. The average Bonchev–Trinajstić information content (AvgIpc) is 3.22. The molecule has 2 atom stereocenters. The van der Waals surface area contributed by atoms with Crippen molar-refractivity contribution in [2.24, 2.45) is 5.41 Å². The summed E-state index contributed by atoms with van der Waals surface area (Å²) in [6.07, 6.45) is 7.05. The summed E-state index contributed by atoms with van der Waals surface area (Å²) < 4.78 is 2.43. The highest BCUT2D eigenvalue weighted by Crippen LogP contribution is 2.60. The fourth-order valence-corrected chi connectivity index (χ4v) is 6.38. The van der Waals surface area contributed by atoms with Gasteiger partial charge in [0.15, 0.2) is 0 Å². The Morgan fingerprint density at radius 2 is 1.15 bits per heavy atom. The second-order valence-electron chi connectivity index (χ2n) is 8.32. The molecule has 0 saturated heterocycles. The van der Waals surface area contributed by atoms with Crippen LogP contribution in [0.3, 0.4) is 0 Å². The van der Waals surface area contributed by atoms with E-state index in [0.29, 0.717) is 11.8 Å². The van der Waals surface area contributed by atoms with Gasteiger partial charge in [-0.05, 0) is 52.6 Å². The lowest BCUT2D eigenvalue weighted by Crippen LogP contribution is -2.30. The Hall–Kier alpha value is -1.12. The molecule has 2 aromatic carbocycles. The van der Waals surface area contributed by atoms with Crippen LogP contribution in [0.2, 0.25) is 0 Å². The summed E-state index contributed by atoms with van der Waals surface area (Å²) >= 11 is 7.56. The van der Waals surface area contributed by atoms with E-state index in [2.05, 4.69) is 108 Å². The molecule has 0 N–H and O–H groups in total. The van der Waals surface area contributed by atoms with E-state index in [-0.39, 0.29) is 5.41 Å². The van der Waals surface area contributed by atoms with E-state index in [0.717, 1.165) is 12.8 Å². The van der Waals surface area contributed by atoms with Crippen molar-refractivity contribution in [3.63, 3.8) is 0 Å². The van der Waals surface area contributed by atoms with Gasteiger partial charge in [-0.25, -0.2) is 0 Å². The molecule has 0 fully saturated rings. The number of benzene rings is 2. The second-order valence-corrected chi connectivity index (χ2v) is 10.0. The van der Waals surface area contributed by atoms with Crippen LogP contribution < -0.4 is 0 Å². The molecule has 0 amide bonds. The summed E-state index contributed by atoms with van der Waals surface area (Å²) in [5, 5.41) is 0. The lowest BCUT2D eigenvalue weighted by molar-refractivity contribution is 0.269. The second kappa shape index (κ2) is 7.04. The molecule has 2 unspecified atom stereocenters. The van der Waals surface area contributed by atoms with Crippen molar-refractivity contribution >= 4 is 44.0 Å². The van der Waals surface area contributed by atoms with Crippen LogP contribution in [0.25, 0.3) is 12.2 Å². The predicted molar refractivity (Wildman–Crippen MR) is 124 cm³/mol. The van der Waals surface area contributed by atoms with E-state index >= 15 is 0 Å². The number of hydrogen-bond acceptors (Lipinski definition) is 0. The van der Waals surface area contributed by atoms with Crippen LogP contribution in [0.4, 0.5) is 0 Å². The highest BCUT2D eigenvalue weighted by Gasteiger charge is 2.46. The van der Waals surface area contributed by atoms with E-state index in [9.17, 15) is 0 Å². The smallest absolute Gasteiger partial charge is 0.0250 e. The zero-order chi connectivity index (χ0) is 19.3. The molecule has 0 aliphatic heterocycles. The number of halogens is 2. The molecule has 2 aliphatic rings. The number of allylic oxidation sites excluding steroid dienone is 2. The maximum atomic E-state index is 3.78. The quantitative estimate of drug-likeness (QED) is 0.406. The van der Waals surface area contributed by atoms with E-state index in [4.69, 9.17) is 0 Å². The minimum Gasteiger partial charge on any atom is -0.0618 e. The normalized spacial score (nSPS) is 21.0. The Kier molecular flexibility index (Phi) is 5.01. The van der Waals surface area contributed by atoms with Crippen molar-refractivity contribution in [2.45, 2.75) is 52.4 Å². The van der Waals surface area contributed by atoms with Crippen molar-refractivity contribution in [1.29, 1.82) is 0 Å². The summed E-state index contributed by atoms with van der Waals surface area (Å²) in [6, 6.07) is 13.4. The third kappa shape index (κ3) is 2.91. The Morgan fingerprint density at radius 1 is 0.741 bits per heavy atom. The van der Waals surface area contributed by atoms with Gasteiger partial charge in [-0.2, -0.15) is 0 Å². The van der Waals surface area contributed by atoms with Crippen LogP contribution in [-0.4, -0.2) is 0 Å². The molecule has 0 nitrogen and oxygen atoms in total. The molecule has 0 saturated carbocycles. The highest BCUT2D eigenvalue weighted by atomic mass is 79.9. The van der Waals surface area contributed by atoms with Crippen LogP contribution in [-0.2, 0) is 0 Å². The van der Waals surface area contributed by atoms with E-state index in [1.54, 1.807) is 11.1 Å². The molecule has 0 spiro atoms. The van der Waals surface area contributed by atoms with Crippen molar-refractivity contribution < 1.29 is 0 Å². The summed E-state index contributed by atoms with van der Waals surface area (Å²) in [5.74, 6) is 0.889. The molecule has 27 heavy (non-hydrogen) atoms. The SMILES string of the molecule is CCC1=Cc2c(Br)cccc2C1C(C)(C)C1C(CC)=Cc2c(Br)cccc21. The van der Waals surface area contributed by atoms with Gasteiger partial charge in [0.2, 0.25) is 0 Å². The van der Waals surface area contributed by atoms with Crippen molar-refractivity contribution in [3.8, 4) is 0 Å². The lowest BCUT2D eigenvalue weighted by atomic mass is 9.62. The lowest BCUT2D eigenvalue weighted by Gasteiger charge is -2.41. The van der Waals surface area contributed by atoms with Gasteiger partial charge in [-0.15, -0.1) is 0 Å². The molecule has 2 aromatic rings. The largest absolute Gasteiger partial charge is 0.0618 e. The first-order chi connectivity index (χ1) is 12.9. The molecule has 0 heterocycles. The van der Waals surface area contributed by atoms with Gasteiger partial charge < -0.3 is 0 Å².